The van der Waals surface area contributed by atoms with Gasteiger partial charge in [-0.2, -0.15) is 0 Å². The minimum absolute atomic E-state index is 0.0396. The van der Waals surface area contributed by atoms with Gasteiger partial charge in [-0.1, -0.05) is 32.1 Å². The van der Waals surface area contributed by atoms with E-state index >= 15 is 0 Å². The molecule has 4 rings (SSSR count). The Balaban J connectivity index is 1.57. The summed E-state index contributed by atoms with van der Waals surface area (Å²) in [4.78, 5) is 44.1. The molecule has 3 heterocycles. The fraction of sp³-hybridized carbons (Fsp3) is 0.600. The highest BCUT2D eigenvalue weighted by Gasteiger charge is 2.46. The van der Waals surface area contributed by atoms with Crippen molar-refractivity contribution in [2.45, 2.75) is 70.9 Å². The van der Waals surface area contributed by atoms with Crippen molar-refractivity contribution in [3.8, 4) is 0 Å². The predicted molar refractivity (Wildman–Crippen MR) is 125 cm³/mol. The van der Waals surface area contributed by atoms with Crippen molar-refractivity contribution in [3.63, 3.8) is 0 Å². The lowest BCUT2D eigenvalue weighted by Gasteiger charge is -2.34. The lowest BCUT2D eigenvalue weighted by Crippen LogP contribution is -2.49. The average Bonchev–Trinajstić information content (AvgIpc) is 3.42. The molecule has 9 heteroatoms. The molecule has 1 saturated carbocycles. The van der Waals surface area contributed by atoms with Crippen LogP contribution in [0.2, 0.25) is 0 Å². The lowest BCUT2D eigenvalue weighted by atomic mass is 9.76. The van der Waals surface area contributed by atoms with Gasteiger partial charge in [0, 0.05) is 18.0 Å². The number of esters is 1. The molecule has 0 aromatic carbocycles. The molecule has 1 saturated heterocycles. The summed E-state index contributed by atoms with van der Waals surface area (Å²) in [6.45, 7) is 5.96. The van der Waals surface area contributed by atoms with Gasteiger partial charge in [-0.3, -0.25) is 9.69 Å². The second-order valence-corrected chi connectivity index (χ2v) is 10.2. The number of pyridine rings is 1. The van der Waals surface area contributed by atoms with Crippen LogP contribution >= 0.6 is 0 Å². The maximum atomic E-state index is 13.6. The molecule has 2 aromatic heterocycles. The first kappa shape index (κ1) is 24.0. The smallest absolute Gasteiger partial charge is 0.410 e. The summed E-state index contributed by atoms with van der Waals surface area (Å²) in [5.41, 5.74) is 0.0945. The fourth-order valence-electron chi connectivity index (χ4n) is 5.15. The van der Waals surface area contributed by atoms with Gasteiger partial charge in [0.05, 0.1) is 19.0 Å². The molecule has 1 aliphatic heterocycles. The van der Waals surface area contributed by atoms with Crippen LogP contribution in [-0.4, -0.2) is 53.2 Å². The van der Waals surface area contributed by atoms with E-state index in [0.717, 1.165) is 32.1 Å². The first-order valence-corrected chi connectivity index (χ1v) is 11.9. The molecule has 2 aliphatic rings. The maximum Gasteiger partial charge on any atom is 0.410 e. The Bertz CT molecular complexity index is 1070. The number of fused-ring (bicyclic) bond motifs is 1. The van der Waals surface area contributed by atoms with Crippen LogP contribution in [0.5, 0.6) is 0 Å². The zero-order valence-corrected chi connectivity index (χ0v) is 20.3. The van der Waals surface area contributed by atoms with E-state index in [-0.39, 0.29) is 23.3 Å². The zero-order valence-electron chi connectivity index (χ0n) is 20.3. The Morgan fingerprint density at radius 2 is 1.85 bits per heavy atom. The molecule has 0 radical (unpaired) electrons. The number of carbonyl (C=O) groups excluding carboxylic acids is 3. The molecule has 1 N–H and O–H groups in total. The Morgan fingerprint density at radius 3 is 2.53 bits per heavy atom. The number of nitrogens with zero attached hydrogens (tertiary/aromatic N) is 2. The Morgan fingerprint density at radius 1 is 1.12 bits per heavy atom. The number of nitrogens with one attached hydrogen (secondary N) is 1. The van der Waals surface area contributed by atoms with Gasteiger partial charge in [0.1, 0.15) is 11.6 Å². The second kappa shape index (κ2) is 9.64. The number of methoxy groups -OCH3 is 1. The molecule has 9 nitrogen and oxygen atoms in total. The van der Waals surface area contributed by atoms with Crippen molar-refractivity contribution in [3.05, 3.63) is 24.1 Å². The topological polar surface area (TPSA) is 111 Å². The van der Waals surface area contributed by atoms with Gasteiger partial charge >= 0.3 is 12.1 Å². The van der Waals surface area contributed by atoms with Crippen LogP contribution in [0.1, 0.15) is 69.9 Å². The summed E-state index contributed by atoms with van der Waals surface area (Å²) < 4.78 is 15.7. The zero-order chi connectivity index (χ0) is 24.5. The normalized spacial score (nSPS) is 21.5. The number of amides is 2. The molecule has 2 amide bonds. The van der Waals surface area contributed by atoms with Gasteiger partial charge in [-0.05, 0) is 45.1 Å². The van der Waals surface area contributed by atoms with E-state index in [4.69, 9.17) is 9.15 Å². The Kier molecular flexibility index (Phi) is 6.81. The van der Waals surface area contributed by atoms with Crippen molar-refractivity contribution >= 4 is 34.8 Å². The molecule has 0 unspecified atom stereocenters. The van der Waals surface area contributed by atoms with E-state index in [1.54, 1.807) is 11.0 Å². The van der Waals surface area contributed by atoms with Gasteiger partial charge in [0.25, 0.3) is 0 Å². The maximum absolute atomic E-state index is 13.6. The van der Waals surface area contributed by atoms with Gasteiger partial charge in [-0.15, -0.1) is 0 Å². The van der Waals surface area contributed by atoms with Crippen LogP contribution < -0.4 is 5.32 Å². The third kappa shape index (κ3) is 5.18. The largest absolute Gasteiger partial charge is 0.463 e. The highest BCUT2D eigenvalue weighted by molar-refractivity contribution is 5.99. The lowest BCUT2D eigenvalue weighted by molar-refractivity contribution is -0.122. The van der Waals surface area contributed by atoms with Crippen molar-refractivity contribution in [1.29, 1.82) is 0 Å². The molecule has 2 atom stereocenters. The molecule has 184 valence electrons. The van der Waals surface area contributed by atoms with Crippen LogP contribution in [0.25, 0.3) is 11.1 Å². The number of ether oxygens (including phenoxy) is 2. The number of anilines is 1. The molecular formula is C25H33N3O6. The minimum Gasteiger partial charge on any atom is -0.463 e. The molecule has 1 aliphatic carbocycles. The molecule has 2 aromatic rings. The third-order valence-electron chi connectivity index (χ3n) is 6.62. The first-order valence-electron chi connectivity index (χ1n) is 11.9. The van der Waals surface area contributed by atoms with Crippen LogP contribution in [0.4, 0.5) is 10.5 Å². The third-order valence-corrected chi connectivity index (χ3v) is 6.62. The Hall–Kier alpha value is -3.10. The van der Waals surface area contributed by atoms with Crippen LogP contribution in [0.3, 0.4) is 0 Å². The molecular weight excluding hydrogens is 438 g/mol. The van der Waals surface area contributed by atoms with E-state index in [0.29, 0.717) is 23.5 Å². The van der Waals surface area contributed by atoms with Crippen molar-refractivity contribution < 1.29 is 28.3 Å². The second-order valence-electron chi connectivity index (χ2n) is 10.2. The van der Waals surface area contributed by atoms with Gasteiger partial charge in [0.2, 0.25) is 17.4 Å². The highest BCUT2D eigenvalue weighted by Crippen LogP contribution is 2.40. The number of likely N-dealkylation sites (tertiary alicyclic amines) is 1. The average molecular weight is 472 g/mol. The first-order chi connectivity index (χ1) is 16.2. The summed E-state index contributed by atoms with van der Waals surface area (Å²) in [5, 5.41) is 3.50. The number of aromatic nitrogens is 1. The molecule has 34 heavy (non-hydrogen) atoms. The number of rotatable bonds is 4. The van der Waals surface area contributed by atoms with Crippen molar-refractivity contribution in [1.82, 2.24) is 9.88 Å². The summed E-state index contributed by atoms with van der Waals surface area (Å²) in [6.07, 6.45) is 7.50. The molecule has 0 spiro atoms. The predicted octanol–water partition coefficient (Wildman–Crippen LogP) is 4.76. The van der Waals surface area contributed by atoms with E-state index < -0.39 is 23.7 Å². The van der Waals surface area contributed by atoms with E-state index in [2.05, 4.69) is 15.0 Å². The van der Waals surface area contributed by atoms with E-state index in [9.17, 15) is 14.4 Å². The van der Waals surface area contributed by atoms with Gasteiger partial charge in [-0.25, -0.2) is 14.6 Å². The quantitative estimate of drug-likeness (QED) is 0.640. The number of carbonyl (C=O) groups is 3. The number of hydrogen-bond acceptors (Lipinski definition) is 7. The summed E-state index contributed by atoms with van der Waals surface area (Å²) in [5.74, 6) is -0.314. The van der Waals surface area contributed by atoms with Gasteiger partial charge in [0.15, 0.2) is 0 Å². The highest BCUT2D eigenvalue weighted by atomic mass is 16.6. The summed E-state index contributed by atoms with van der Waals surface area (Å²) >= 11 is 0. The van der Waals surface area contributed by atoms with Crippen LogP contribution in [0.15, 0.2) is 22.7 Å². The summed E-state index contributed by atoms with van der Waals surface area (Å²) in [6, 6.07) is 2.61. The van der Waals surface area contributed by atoms with Crippen LogP contribution in [-0.2, 0) is 14.3 Å². The van der Waals surface area contributed by atoms with Gasteiger partial charge < -0.3 is 19.2 Å². The minimum atomic E-state index is -0.644. The van der Waals surface area contributed by atoms with Crippen LogP contribution in [0, 0.1) is 11.8 Å². The van der Waals surface area contributed by atoms with E-state index in [1.165, 1.54) is 25.8 Å². The number of hydrogen-bond donors (Lipinski definition) is 1. The summed E-state index contributed by atoms with van der Waals surface area (Å²) in [7, 11) is 1.27. The molecule has 2 fully saturated rings. The van der Waals surface area contributed by atoms with Crippen molar-refractivity contribution in [2.24, 2.45) is 11.8 Å². The fourth-order valence-corrected chi connectivity index (χ4v) is 5.15. The number of furan rings is 1. The van der Waals surface area contributed by atoms with E-state index in [1.807, 2.05) is 20.8 Å². The standard InChI is InChI=1S/C25H33N3O6/c1-25(2,3)34-24(31)28-11-10-18(15-8-6-5-7-9-15)20(28)21(29)27-17-12-16-13-19(23(30)32-4)33-22(16)26-14-17/h12-15,18,20H,5-11H2,1-4H3,(H,27,29)/t18-,20+/m0/s1. The van der Waals surface area contributed by atoms with Crippen molar-refractivity contribution in [2.75, 3.05) is 19.0 Å². The Labute approximate surface area is 199 Å². The monoisotopic (exact) mass is 471 g/mol. The molecule has 0 bridgehead atoms. The SMILES string of the molecule is COC(=O)c1cc2cc(NC(=O)[C@H]3[C@H](C4CCCCC4)CCN3C(=O)OC(C)(C)C)cnc2o1.